The third-order valence-corrected chi connectivity index (χ3v) is 6.35. The molecule has 5 aromatic rings. The second-order valence-corrected chi connectivity index (χ2v) is 9.04. The van der Waals surface area contributed by atoms with Crippen LogP contribution < -0.4 is 0 Å². The SMILES string of the molecule is O=C(O)c1ccc2cc(-c3ccc(-n4ccnc4)cc3)n(Cc3ccc(SC(F)(F)F)cc3)c2c1. The van der Waals surface area contributed by atoms with Gasteiger partial charge < -0.3 is 14.2 Å². The predicted molar refractivity (Wildman–Crippen MR) is 129 cm³/mol. The first kappa shape index (κ1) is 22.8. The van der Waals surface area contributed by atoms with Gasteiger partial charge in [0.25, 0.3) is 0 Å². The summed E-state index contributed by atoms with van der Waals surface area (Å²) in [5.74, 6) is -1.03. The lowest BCUT2D eigenvalue weighted by Crippen LogP contribution is -2.03. The maximum atomic E-state index is 12.7. The van der Waals surface area contributed by atoms with E-state index in [2.05, 4.69) is 4.98 Å². The minimum absolute atomic E-state index is 0.113. The van der Waals surface area contributed by atoms with E-state index in [4.69, 9.17) is 0 Å². The van der Waals surface area contributed by atoms with E-state index >= 15 is 0 Å². The van der Waals surface area contributed by atoms with Crippen LogP contribution in [0.2, 0.25) is 0 Å². The number of nitrogens with zero attached hydrogens (tertiary/aromatic N) is 3. The highest BCUT2D eigenvalue weighted by atomic mass is 32.2. The van der Waals surface area contributed by atoms with Gasteiger partial charge in [0.05, 0.1) is 11.9 Å². The summed E-state index contributed by atoms with van der Waals surface area (Å²) in [4.78, 5) is 15.8. The van der Waals surface area contributed by atoms with Gasteiger partial charge in [-0.15, -0.1) is 0 Å². The van der Waals surface area contributed by atoms with Crippen LogP contribution in [0.1, 0.15) is 15.9 Å². The Morgan fingerprint density at radius 1 is 0.971 bits per heavy atom. The number of carboxylic acid groups (broad SMARTS) is 1. The quantitative estimate of drug-likeness (QED) is 0.263. The molecule has 0 radical (unpaired) electrons. The van der Waals surface area contributed by atoms with Crippen molar-refractivity contribution < 1.29 is 23.1 Å². The van der Waals surface area contributed by atoms with E-state index < -0.39 is 11.5 Å². The molecule has 0 atom stereocenters. The molecule has 0 amide bonds. The van der Waals surface area contributed by atoms with Crippen molar-refractivity contribution in [3.8, 4) is 16.9 Å². The number of alkyl halides is 3. The van der Waals surface area contributed by atoms with Gasteiger partial charge in [0.1, 0.15) is 0 Å². The molecule has 0 unspecified atom stereocenters. The van der Waals surface area contributed by atoms with E-state index in [1.807, 2.05) is 45.7 Å². The van der Waals surface area contributed by atoms with Gasteiger partial charge in [-0.3, -0.25) is 0 Å². The molecule has 2 heterocycles. The summed E-state index contributed by atoms with van der Waals surface area (Å²) in [6.45, 7) is 0.363. The molecule has 0 aliphatic heterocycles. The fraction of sp³-hybridized carbons (Fsp3) is 0.0769. The Labute approximate surface area is 202 Å². The third kappa shape index (κ3) is 4.95. The van der Waals surface area contributed by atoms with Crippen LogP contribution >= 0.6 is 11.8 Å². The molecule has 5 nitrogen and oxygen atoms in total. The van der Waals surface area contributed by atoms with Crippen LogP contribution in [-0.4, -0.2) is 30.7 Å². The Morgan fingerprint density at radius 2 is 1.71 bits per heavy atom. The largest absolute Gasteiger partial charge is 0.478 e. The zero-order valence-electron chi connectivity index (χ0n) is 18.1. The van der Waals surface area contributed by atoms with E-state index in [0.717, 1.165) is 33.4 Å². The first-order valence-electron chi connectivity index (χ1n) is 10.6. The lowest BCUT2D eigenvalue weighted by molar-refractivity contribution is -0.0328. The maximum Gasteiger partial charge on any atom is 0.446 e. The van der Waals surface area contributed by atoms with E-state index in [0.29, 0.717) is 6.54 Å². The zero-order valence-corrected chi connectivity index (χ0v) is 18.9. The molecule has 0 spiro atoms. The van der Waals surface area contributed by atoms with Gasteiger partial charge in [0.15, 0.2) is 0 Å². The Morgan fingerprint density at radius 3 is 2.34 bits per heavy atom. The van der Waals surface area contributed by atoms with Crippen LogP contribution in [0.4, 0.5) is 13.2 Å². The number of benzene rings is 3. The average molecular weight is 494 g/mol. The second-order valence-electron chi connectivity index (χ2n) is 7.90. The Hall–Kier alpha value is -3.98. The fourth-order valence-electron chi connectivity index (χ4n) is 3.99. The molecular weight excluding hydrogens is 475 g/mol. The highest BCUT2D eigenvalue weighted by Crippen LogP contribution is 2.37. The fourth-order valence-corrected chi connectivity index (χ4v) is 4.53. The molecule has 0 aliphatic rings. The molecule has 0 aliphatic carbocycles. The van der Waals surface area contributed by atoms with Crippen molar-refractivity contribution in [3.05, 3.63) is 103 Å². The van der Waals surface area contributed by atoms with Gasteiger partial charge in [0.2, 0.25) is 0 Å². The highest BCUT2D eigenvalue weighted by molar-refractivity contribution is 8.00. The van der Waals surface area contributed by atoms with Gasteiger partial charge in [-0.25, -0.2) is 9.78 Å². The van der Waals surface area contributed by atoms with Crippen LogP contribution in [0, 0.1) is 0 Å². The van der Waals surface area contributed by atoms with Crippen LogP contribution in [-0.2, 0) is 6.54 Å². The van der Waals surface area contributed by atoms with Gasteiger partial charge in [-0.1, -0.05) is 30.3 Å². The molecule has 1 N–H and O–H groups in total. The van der Waals surface area contributed by atoms with Crippen molar-refractivity contribution in [2.24, 2.45) is 0 Å². The topological polar surface area (TPSA) is 60.0 Å². The summed E-state index contributed by atoms with van der Waals surface area (Å²) in [7, 11) is 0. The summed E-state index contributed by atoms with van der Waals surface area (Å²) in [5, 5.41) is 10.4. The third-order valence-electron chi connectivity index (χ3n) is 5.61. The normalized spacial score (nSPS) is 11.7. The molecule has 3 aromatic carbocycles. The Kier molecular flexibility index (Phi) is 5.86. The average Bonchev–Trinajstić information content (AvgIpc) is 3.48. The zero-order chi connectivity index (χ0) is 24.6. The number of fused-ring (bicyclic) bond motifs is 1. The van der Waals surface area contributed by atoms with Crippen LogP contribution in [0.5, 0.6) is 0 Å². The smallest absolute Gasteiger partial charge is 0.446 e. The summed E-state index contributed by atoms with van der Waals surface area (Å²) < 4.78 is 41.9. The predicted octanol–water partition coefficient (Wildman–Crippen LogP) is 6.85. The molecule has 176 valence electrons. The summed E-state index contributed by atoms with van der Waals surface area (Å²) in [5.41, 5.74) is 0.0788. The molecule has 0 bridgehead atoms. The molecule has 0 saturated carbocycles. The minimum Gasteiger partial charge on any atom is -0.478 e. The number of carboxylic acids is 1. The van der Waals surface area contributed by atoms with Crippen molar-refractivity contribution >= 4 is 28.6 Å². The number of thioether (sulfide) groups is 1. The number of hydrogen-bond acceptors (Lipinski definition) is 3. The van der Waals surface area contributed by atoms with Crippen molar-refractivity contribution in [1.29, 1.82) is 0 Å². The van der Waals surface area contributed by atoms with E-state index in [9.17, 15) is 23.1 Å². The summed E-state index contributed by atoms with van der Waals surface area (Å²) in [6.07, 6.45) is 5.25. The van der Waals surface area contributed by atoms with Crippen molar-refractivity contribution in [1.82, 2.24) is 14.1 Å². The first-order chi connectivity index (χ1) is 16.8. The minimum atomic E-state index is -4.35. The lowest BCUT2D eigenvalue weighted by atomic mass is 10.1. The van der Waals surface area contributed by atoms with Crippen molar-refractivity contribution in [3.63, 3.8) is 0 Å². The van der Waals surface area contributed by atoms with Crippen LogP contribution in [0.15, 0.2) is 96.4 Å². The Balaban J connectivity index is 1.56. The summed E-state index contributed by atoms with van der Waals surface area (Å²) in [6, 6.07) is 21.0. The second kappa shape index (κ2) is 8.99. The van der Waals surface area contributed by atoms with Gasteiger partial charge in [-0.05, 0) is 65.4 Å². The molecule has 2 aromatic heterocycles. The number of hydrogen-bond donors (Lipinski definition) is 1. The molecule has 35 heavy (non-hydrogen) atoms. The molecule has 0 saturated heterocycles. The number of halogens is 3. The van der Waals surface area contributed by atoms with Crippen LogP contribution in [0.25, 0.3) is 27.8 Å². The monoisotopic (exact) mass is 493 g/mol. The lowest BCUT2D eigenvalue weighted by Gasteiger charge is -2.13. The number of carbonyl (C=O) groups is 1. The molecule has 9 heteroatoms. The number of rotatable bonds is 6. The highest BCUT2D eigenvalue weighted by Gasteiger charge is 2.29. The number of imidazole rings is 1. The van der Waals surface area contributed by atoms with Gasteiger partial charge in [0, 0.05) is 46.1 Å². The van der Waals surface area contributed by atoms with Crippen LogP contribution in [0.3, 0.4) is 0 Å². The van der Waals surface area contributed by atoms with E-state index in [1.54, 1.807) is 42.9 Å². The Bertz CT molecular complexity index is 1490. The standard InChI is InChI=1S/C26H18F3N3O2S/c27-26(28,29)35-22-9-1-17(2-10-22)15-32-23(13-19-3-4-20(25(33)34)14-24(19)32)18-5-7-21(8-6-18)31-12-11-30-16-31/h1-14,16H,15H2,(H,33,34). The first-order valence-corrected chi connectivity index (χ1v) is 11.4. The number of aromatic nitrogens is 3. The number of aromatic carboxylic acids is 1. The van der Waals surface area contributed by atoms with Gasteiger partial charge in [-0.2, -0.15) is 13.2 Å². The van der Waals surface area contributed by atoms with Gasteiger partial charge >= 0.3 is 11.5 Å². The summed E-state index contributed by atoms with van der Waals surface area (Å²) >= 11 is -0.153. The maximum absolute atomic E-state index is 12.7. The van der Waals surface area contributed by atoms with Crippen molar-refractivity contribution in [2.45, 2.75) is 16.9 Å². The molecular formula is C26H18F3N3O2S. The van der Waals surface area contributed by atoms with E-state index in [1.165, 1.54) is 12.1 Å². The van der Waals surface area contributed by atoms with Crippen molar-refractivity contribution in [2.75, 3.05) is 0 Å². The molecule has 0 fully saturated rings. The van der Waals surface area contributed by atoms with E-state index in [-0.39, 0.29) is 22.2 Å². The molecule has 5 rings (SSSR count).